The zero-order valence-corrected chi connectivity index (χ0v) is 37.7. The number of hydrogen-bond acceptors (Lipinski definition) is 18. The minimum atomic E-state index is -1.89. The molecule has 3 aromatic rings. The highest BCUT2D eigenvalue weighted by molar-refractivity contribution is 5.89. The third-order valence-electron chi connectivity index (χ3n) is 10.1. The van der Waals surface area contributed by atoms with Crippen molar-refractivity contribution in [2.45, 2.75) is 32.1 Å². The van der Waals surface area contributed by atoms with E-state index in [1.165, 1.54) is 0 Å². The molecule has 2 aromatic heterocycles. The molecule has 2 aliphatic rings. The van der Waals surface area contributed by atoms with Crippen molar-refractivity contribution in [3.63, 3.8) is 0 Å². The highest BCUT2D eigenvalue weighted by Crippen LogP contribution is 2.41. The number of ether oxygens (including phenoxy) is 11. The lowest BCUT2D eigenvalue weighted by Crippen LogP contribution is -2.48. The first-order valence-electron chi connectivity index (χ1n) is 22.1. The molecule has 0 saturated heterocycles. The molecule has 0 spiro atoms. The maximum Gasteiger partial charge on any atom is 0.355 e. The molecule has 0 unspecified atom stereocenters. The average Bonchev–Trinajstić information content (AvgIpc) is 3.69. The average molecular weight is 942 g/mol. The van der Waals surface area contributed by atoms with Crippen LogP contribution >= 0.6 is 0 Å². The number of aromatic nitrogens is 2. The van der Waals surface area contributed by atoms with E-state index < -0.39 is 30.0 Å². The molecule has 0 fully saturated rings. The summed E-state index contributed by atoms with van der Waals surface area (Å²) >= 11 is 0. The van der Waals surface area contributed by atoms with Gasteiger partial charge in [-0.2, -0.15) is 0 Å². The van der Waals surface area contributed by atoms with Gasteiger partial charge in [-0.15, -0.1) is 0 Å². The molecule has 2 amide bonds. The fraction of sp³-hybridized carbons (Fsp3) is 0.591. The van der Waals surface area contributed by atoms with Gasteiger partial charge in [-0.05, 0) is 30.2 Å². The number of benzene rings is 1. The number of pyridine rings is 2. The maximum atomic E-state index is 13.7. The minimum Gasteiger partial charge on any atom is -0.457 e. The minimum absolute atomic E-state index is 0.0142. The first-order chi connectivity index (χ1) is 32.8. The van der Waals surface area contributed by atoms with Crippen LogP contribution in [0.2, 0.25) is 0 Å². The molecule has 67 heavy (non-hydrogen) atoms. The summed E-state index contributed by atoms with van der Waals surface area (Å²) in [5.41, 5.74) is 9.11. The van der Waals surface area contributed by atoms with Gasteiger partial charge in [0, 0.05) is 34.5 Å². The zero-order chi connectivity index (χ0) is 47.5. The number of fused-ring (bicyclic) bond motifs is 5. The Balaban J connectivity index is 0.821. The van der Waals surface area contributed by atoms with Crippen LogP contribution in [0.5, 0.6) is 0 Å². The van der Waals surface area contributed by atoms with Crippen molar-refractivity contribution in [1.82, 2.24) is 20.2 Å². The lowest BCUT2D eigenvalue weighted by molar-refractivity contribution is -0.189. The molecular formula is C44H59N7O16. The lowest BCUT2D eigenvalue weighted by Gasteiger charge is -2.35. The summed E-state index contributed by atoms with van der Waals surface area (Å²) in [5, 5.41) is 9.43. The van der Waals surface area contributed by atoms with Crippen molar-refractivity contribution in [3.8, 4) is 11.4 Å². The Morgan fingerprint density at radius 1 is 0.761 bits per heavy atom. The van der Waals surface area contributed by atoms with E-state index in [2.05, 4.69) is 20.7 Å². The predicted molar refractivity (Wildman–Crippen MR) is 236 cm³/mol. The second kappa shape index (κ2) is 29.2. The molecule has 0 bridgehead atoms. The summed E-state index contributed by atoms with van der Waals surface area (Å²) in [6.45, 7) is 6.58. The number of para-hydroxylation sites is 1. The van der Waals surface area contributed by atoms with Gasteiger partial charge in [-0.25, -0.2) is 9.78 Å². The summed E-state index contributed by atoms with van der Waals surface area (Å²) in [7, 11) is 0. The number of esters is 2. The third-order valence-corrected chi connectivity index (χ3v) is 10.1. The molecule has 1 aromatic carbocycles. The Morgan fingerprint density at radius 3 is 1.91 bits per heavy atom. The second-order valence-corrected chi connectivity index (χ2v) is 14.7. The molecule has 2 N–H and O–H groups in total. The Kier molecular flexibility index (Phi) is 22.9. The first-order valence-corrected chi connectivity index (χ1v) is 22.1. The van der Waals surface area contributed by atoms with Gasteiger partial charge in [0.15, 0.2) is 0 Å². The van der Waals surface area contributed by atoms with Gasteiger partial charge in [-0.3, -0.25) is 19.2 Å². The van der Waals surface area contributed by atoms with Gasteiger partial charge >= 0.3 is 11.9 Å². The molecule has 5 rings (SSSR count). The van der Waals surface area contributed by atoms with Crippen LogP contribution < -0.4 is 16.2 Å². The Hall–Kier alpha value is -5.59. The topological polar surface area (TPSA) is 278 Å². The molecule has 0 aliphatic carbocycles. The van der Waals surface area contributed by atoms with Crippen LogP contribution in [0.1, 0.15) is 30.0 Å². The van der Waals surface area contributed by atoms with Gasteiger partial charge < -0.3 is 67.3 Å². The van der Waals surface area contributed by atoms with E-state index in [0.29, 0.717) is 110 Å². The molecule has 4 heterocycles. The van der Waals surface area contributed by atoms with Gasteiger partial charge in [0.05, 0.1) is 135 Å². The summed E-state index contributed by atoms with van der Waals surface area (Å²) in [5.74, 6) is -2.56. The maximum absolute atomic E-state index is 13.7. The van der Waals surface area contributed by atoms with Gasteiger partial charge in [0.2, 0.25) is 17.4 Å². The molecule has 23 heteroatoms. The lowest BCUT2D eigenvalue weighted by atomic mass is 9.85. The van der Waals surface area contributed by atoms with Crippen LogP contribution in [0.15, 0.2) is 46.3 Å². The van der Waals surface area contributed by atoms with E-state index in [1.807, 2.05) is 30.3 Å². The quantitative estimate of drug-likeness (QED) is 0.0216. The molecule has 0 radical (unpaired) electrons. The molecule has 0 saturated carbocycles. The summed E-state index contributed by atoms with van der Waals surface area (Å²) in [6.07, 6.45) is -0.0142. The van der Waals surface area contributed by atoms with Crippen LogP contribution in [-0.4, -0.2) is 172 Å². The van der Waals surface area contributed by atoms with Crippen molar-refractivity contribution in [1.29, 1.82) is 0 Å². The number of rotatable bonds is 35. The fourth-order valence-corrected chi connectivity index (χ4v) is 6.87. The molecule has 1 atom stereocenters. The molecule has 23 nitrogen and oxygen atoms in total. The fourth-order valence-electron chi connectivity index (χ4n) is 6.87. The summed E-state index contributed by atoms with van der Waals surface area (Å²) in [6, 6.07) is 11.3. The Morgan fingerprint density at radius 2 is 1.31 bits per heavy atom. The highest BCUT2D eigenvalue weighted by Gasteiger charge is 2.50. The number of azide groups is 1. The number of carbonyl (C=O) groups excluding carboxylic acids is 4. The standard InChI is InChI=1S/C44H59N7O16/c1-2-44(35-26-37-41-33(25-32-5-3-4-6-36(32)49-41)28-51(37)42(55)34(35)29-66-43(44)56)67-40(54)27-47-39(53)31-65-24-22-63-19-17-59-13-11-57-9-7-46-38(52)30-64-23-21-62-20-18-61-16-15-60-14-12-58-10-8-48-50-45/h3-6,25-26H,2,7-24,27-31H2,1H3,(H,46,52)(H,47,53)/t44-/m0/s1. The van der Waals surface area contributed by atoms with Crippen molar-refractivity contribution in [2.75, 3.05) is 139 Å². The number of amides is 2. The number of nitrogens with one attached hydrogen (secondary N) is 2. The largest absolute Gasteiger partial charge is 0.457 e. The van der Waals surface area contributed by atoms with Crippen molar-refractivity contribution < 1.29 is 71.3 Å². The summed E-state index contributed by atoms with van der Waals surface area (Å²) in [4.78, 5) is 71.9. The first kappa shape index (κ1) is 52.4. The number of cyclic esters (lactones) is 1. The van der Waals surface area contributed by atoms with Crippen LogP contribution in [0, 0.1) is 0 Å². The van der Waals surface area contributed by atoms with E-state index >= 15 is 0 Å². The monoisotopic (exact) mass is 941 g/mol. The molecule has 2 aliphatic heterocycles. The van der Waals surface area contributed by atoms with Gasteiger partial charge in [0.1, 0.15) is 26.4 Å². The van der Waals surface area contributed by atoms with Crippen LogP contribution in [0.25, 0.3) is 32.7 Å². The predicted octanol–water partition coefficient (Wildman–Crippen LogP) is 1.32. The zero-order valence-electron chi connectivity index (χ0n) is 37.7. The van der Waals surface area contributed by atoms with E-state index in [-0.39, 0.29) is 75.3 Å². The number of carbonyl (C=O) groups is 4. The van der Waals surface area contributed by atoms with E-state index in [9.17, 15) is 24.0 Å². The smallest absolute Gasteiger partial charge is 0.355 e. The van der Waals surface area contributed by atoms with Crippen LogP contribution in [0.4, 0.5) is 0 Å². The van der Waals surface area contributed by atoms with Gasteiger partial charge in [-0.1, -0.05) is 30.2 Å². The normalized spacial score (nSPS) is 14.7. The van der Waals surface area contributed by atoms with E-state index in [4.69, 9.17) is 62.6 Å². The van der Waals surface area contributed by atoms with E-state index in [1.54, 1.807) is 17.6 Å². The number of nitrogens with zero attached hydrogens (tertiary/aromatic N) is 5. The Bertz CT molecular complexity index is 2190. The van der Waals surface area contributed by atoms with Crippen molar-refractivity contribution >= 4 is 34.7 Å². The van der Waals surface area contributed by atoms with Crippen LogP contribution in [-0.2, 0) is 90.0 Å². The summed E-state index contributed by atoms with van der Waals surface area (Å²) < 4.78 is 61.1. The van der Waals surface area contributed by atoms with Crippen molar-refractivity contribution in [2.24, 2.45) is 5.11 Å². The third kappa shape index (κ3) is 16.6. The number of hydrogen-bond donors (Lipinski definition) is 2. The Labute approximate surface area is 386 Å². The SMILES string of the molecule is CC[C@@]1(OC(=O)CNC(=O)COCCOCCOCCOCCNC(=O)COCCOCCOCCOCCOCCN=[N+]=[N-])C(=O)OCc2c1cc1n(c2=O)Cc2cc3ccccc3nc2-1. The van der Waals surface area contributed by atoms with E-state index in [0.717, 1.165) is 16.5 Å². The van der Waals surface area contributed by atoms with Crippen molar-refractivity contribution in [3.05, 3.63) is 73.9 Å². The molecule has 366 valence electrons. The van der Waals surface area contributed by atoms with Gasteiger partial charge in [0.25, 0.3) is 5.56 Å². The highest BCUT2D eigenvalue weighted by atomic mass is 16.6. The van der Waals surface area contributed by atoms with Crippen LogP contribution in [0.3, 0.4) is 0 Å². The second-order valence-electron chi connectivity index (χ2n) is 14.7. The molecular weight excluding hydrogens is 883 g/mol.